The first-order valence-corrected chi connectivity index (χ1v) is 25.3. The number of allylic oxidation sites excluding steroid dienone is 16. The lowest BCUT2D eigenvalue weighted by molar-refractivity contribution is -0.167. The summed E-state index contributed by atoms with van der Waals surface area (Å²) in [5.41, 5.74) is 0. The van der Waals surface area contributed by atoms with Crippen LogP contribution >= 0.6 is 0 Å². The molecule has 352 valence electrons. The maximum absolute atomic E-state index is 12.8. The van der Waals surface area contributed by atoms with Gasteiger partial charge in [-0.15, -0.1) is 0 Å². The number of ether oxygens (including phenoxy) is 3. The van der Waals surface area contributed by atoms with Crippen molar-refractivity contribution in [2.45, 2.75) is 226 Å². The Bertz CT molecular complexity index is 1260. The number of hydrogen-bond donors (Lipinski definition) is 0. The smallest absolute Gasteiger partial charge is 0.306 e. The maximum Gasteiger partial charge on any atom is 0.306 e. The highest BCUT2D eigenvalue weighted by molar-refractivity contribution is 5.71. The lowest BCUT2D eigenvalue weighted by atomic mass is 10.1. The molecule has 0 saturated heterocycles. The molecule has 0 rings (SSSR count). The van der Waals surface area contributed by atoms with Gasteiger partial charge < -0.3 is 14.2 Å². The first-order valence-electron chi connectivity index (χ1n) is 25.3. The van der Waals surface area contributed by atoms with Crippen molar-refractivity contribution in [1.82, 2.24) is 0 Å². The second-order valence-corrected chi connectivity index (χ2v) is 16.5. The molecule has 0 fully saturated rings. The van der Waals surface area contributed by atoms with E-state index in [1.54, 1.807) is 0 Å². The molecule has 0 saturated carbocycles. The average molecular weight is 861 g/mol. The molecule has 0 bridgehead atoms. The molecule has 0 aromatic rings. The van der Waals surface area contributed by atoms with Crippen molar-refractivity contribution in [3.8, 4) is 0 Å². The second-order valence-electron chi connectivity index (χ2n) is 16.5. The summed E-state index contributed by atoms with van der Waals surface area (Å²) in [6.45, 7) is 6.39. The summed E-state index contributed by atoms with van der Waals surface area (Å²) in [6.07, 6.45) is 65.3. The van der Waals surface area contributed by atoms with Crippen molar-refractivity contribution < 1.29 is 28.6 Å². The summed E-state index contributed by atoms with van der Waals surface area (Å²) in [5.74, 6) is -0.979. The standard InChI is InChI=1S/C56H92O6/c1-4-7-10-13-16-19-22-25-28-31-34-37-40-43-46-49-55(58)61-52-53(51-60-54(57)48-45-42-39-36-33-30-27-24-21-18-15-12-9-6-3)62-56(59)50-47-44-41-38-35-32-29-26-23-20-17-14-11-8-5-2/h7,10,13,16-17,19-20,22-23,25-26,28,30-31,33-34,53H,4-6,8-9,11-12,14-15,18,21,24,27,29,32,35-52H2,1-3H3/b10-7-,16-13-,20-17-,22-19-,26-23-,28-25-,33-30-,34-31-. The van der Waals surface area contributed by atoms with Gasteiger partial charge in [0.1, 0.15) is 13.2 Å². The van der Waals surface area contributed by atoms with Gasteiger partial charge in [-0.3, -0.25) is 14.4 Å². The van der Waals surface area contributed by atoms with Crippen molar-refractivity contribution in [3.63, 3.8) is 0 Å². The molecule has 0 N–H and O–H groups in total. The van der Waals surface area contributed by atoms with Crippen molar-refractivity contribution >= 4 is 17.9 Å². The fourth-order valence-electron chi connectivity index (χ4n) is 6.62. The molecule has 0 aromatic carbocycles. The third-order valence-electron chi connectivity index (χ3n) is 10.4. The number of unbranched alkanes of at least 4 members (excludes halogenated alkanes) is 22. The van der Waals surface area contributed by atoms with E-state index < -0.39 is 6.10 Å². The zero-order valence-corrected chi connectivity index (χ0v) is 40.1. The maximum atomic E-state index is 12.8. The minimum atomic E-state index is -0.807. The Hall–Kier alpha value is -3.67. The molecular weight excluding hydrogens is 769 g/mol. The Morgan fingerprint density at radius 2 is 0.645 bits per heavy atom. The first kappa shape index (κ1) is 58.3. The van der Waals surface area contributed by atoms with Crippen LogP contribution in [-0.2, 0) is 28.6 Å². The van der Waals surface area contributed by atoms with E-state index in [-0.39, 0.29) is 31.1 Å². The van der Waals surface area contributed by atoms with E-state index in [9.17, 15) is 14.4 Å². The van der Waals surface area contributed by atoms with Crippen LogP contribution in [0.2, 0.25) is 0 Å². The van der Waals surface area contributed by atoms with Crippen LogP contribution in [-0.4, -0.2) is 37.2 Å². The SMILES string of the molecule is CC\C=C/C=C\C=C/C=C\C=C/CCCCCC(=O)OCC(COC(=O)CCCCC/C=C\CCCCCCCCC)OC(=O)CCCCCCCC/C=C\C=C/CCCCC. The number of hydrogen-bond acceptors (Lipinski definition) is 6. The highest BCUT2D eigenvalue weighted by Gasteiger charge is 2.19. The van der Waals surface area contributed by atoms with Crippen LogP contribution in [0.4, 0.5) is 0 Å². The van der Waals surface area contributed by atoms with E-state index in [4.69, 9.17) is 14.2 Å². The predicted molar refractivity (Wildman–Crippen MR) is 265 cm³/mol. The summed E-state index contributed by atoms with van der Waals surface area (Å²) in [6, 6.07) is 0. The van der Waals surface area contributed by atoms with Gasteiger partial charge in [0, 0.05) is 19.3 Å². The van der Waals surface area contributed by atoms with Crippen LogP contribution in [0.1, 0.15) is 220 Å². The molecule has 0 aliphatic rings. The zero-order valence-electron chi connectivity index (χ0n) is 40.1. The molecule has 0 spiro atoms. The Kier molecular flexibility index (Phi) is 47.0. The Labute approximate surface area is 381 Å². The third-order valence-corrected chi connectivity index (χ3v) is 10.4. The highest BCUT2D eigenvalue weighted by atomic mass is 16.6. The molecule has 6 heteroatoms. The second kappa shape index (κ2) is 50.0. The Balaban J connectivity index is 4.52. The van der Waals surface area contributed by atoms with Gasteiger partial charge in [-0.2, -0.15) is 0 Å². The summed E-state index contributed by atoms with van der Waals surface area (Å²) >= 11 is 0. The molecule has 0 aliphatic heterocycles. The van der Waals surface area contributed by atoms with Crippen LogP contribution in [0.5, 0.6) is 0 Å². The van der Waals surface area contributed by atoms with E-state index in [1.165, 1.54) is 83.5 Å². The van der Waals surface area contributed by atoms with Crippen LogP contribution < -0.4 is 0 Å². The largest absolute Gasteiger partial charge is 0.462 e. The highest BCUT2D eigenvalue weighted by Crippen LogP contribution is 2.13. The molecule has 0 amide bonds. The molecule has 0 heterocycles. The van der Waals surface area contributed by atoms with E-state index in [1.807, 2.05) is 48.6 Å². The zero-order chi connectivity index (χ0) is 45.1. The number of esters is 3. The number of rotatable bonds is 44. The van der Waals surface area contributed by atoms with E-state index in [2.05, 4.69) is 69.4 Å². The van der Waals surface area contributed by atoms with Crippen LogP contribution in [0.25, 0.3) is 0 Å². The molecule has 1 unspecified atom stereocenters. The molecule has 0 aliphatic carbocycles. The predicted octanol–water partition coefficient (Wildman–Crippen LogP) is 16.6. The molecule has 0 aromatic heterocycles. The van der Waals surface area contributed by atoms with Gasteiger partial charge in [0.05, 0.1) is 0 Å². The topological polar surface area (TPSA) is 78.9 Å². The van der Waals surface area contributed by atoms with Gasteiger partial charge >= 0.3 is 17.9 Å². The van der Waals surface area contributed by atoms with Gasteiger partial charge in [-0.05, 0) is 89.9 Å². The fourth-order valence-corrected chi connectivity index (χ4v) is 6.62. The molecular formula is C56H92O6. The van der Waals surface area contributed by atoms with Gasteiger partial charge in [0.25, 0.3) is 0 Å². The molecule has 0 radical (unpaired) electrons. The third kappa shape index (κ3) is 47.4. The van der Waals surface area contributed by atoms with Crippen LogP contribution in [0, 0.1) is 0 Å². The van der Waals surface area contributed by atoms with Gasteiger partial charge in [-0.25, -0.2) is 0 Å². The lowest BCUT2D eigenvalue weighted by Crippen LogP contribution is -2.30. The van der Waals surface area contributed by atoms with Crippen LogP contribution in [0.15, 0.2) is 97.2 Å². The number of carbonyl (C=O) groups is 3. The van der Waals surface area contributed by atoms with Crippen molar-refractivity contribution in [1.29, 1.82) is 0 Å². The van der Waals surface area contributed by atoms with Crippen molar-refractivity contribution in [2.24, 2.45) is 0 Å². The monoisotopic (exact) mass is 861 g/mol. The summed E-state index contributed by atoms with van der Waals surface area (Å²) in [7, 11) is 0. The van der Waals surface area contributed by atoms with Crippen LogP contribution in [0.3, 0.4) is 0 Å². The van der Waals surface area contributed by atoms with Gasteiger partial charge in [-0.1, -0.05) is 208 Å². The van der Waals surface area contributed by atoms with Crippen molar-refractivity contribution in [2.75, 3.05) is 13.2 Å². The summed E-state index contributed by atoms with van der Waals surface area (Å²) < 4.78 is 16.7. The molecule has 62 heavy (non-hydrogen) atoms. The Morgan fingerprint density at radius 3 is 1.10 bits per heavy atom. The average Bonchev–Trinajstić information content (AvgIpc) is 3.27. The molecule has 1 atom stereocenters. The van der Waals surface area contributed by atoms with E-state index >= 15 is 0 Å². The minimum Gasteiger partial charge on any atom is -0.462 e. The first-order chi connectivity index (χ1) is 30.5. The van der Waals surface area contributed by atoms with Crippen molar-refractivity contribution in [3.05, 3.63) is 97.2 Å². The van der Waals surface area contributed by atoms with E-state index in [0.29, 0.717) is 19.3 Å². The molecule has 6 nitrogen and oxygen atoms in total. The number of carbonyl (C=O) groups excluding carboxylic acids is 3. The van der Waals surface area contributed by atoms with Gasteiger partial charge in [0.2, 0.25) is 0 Å². The van der Waals surface area contributed by atoms with E-state index in [0.717, 1.165) is 96.3 Å². The summed E-state index contributed by atoms with van der Waals surface area (Å²) in [4.78, 5) is 37.9. The minimum absolute atomic E-state index is 0.105. The Morgan fingerprint density at radius 1 is 0.339 bits per heavy atom. The quantitative estimate of drug-likeness (QED) is 0.0200. The summed E-state index contributed by atoms with van der Waals surface area (Å²) in [5, 5.41) is 0. The normalized spacial score (nSPS) is 12.9. The van der Waals surface area contributed by atoms with Gasteiger partial charge in [0.15, 0.2) is 6.10 Å². The fraction of sp³-hybridized carbons (Fsp3) is 0.661. The lowest BCUT2D eigenvalue weighted by Gasteiger charge is -2.18.